The number of hydrogen-bond donors (Lipinski definition) is 1. The van der Waals surface area contributed by atoms with Crippen molar-refractivity contribution >= 4 is 11.3 Å². The van der Waals surface area contributed by atoms with Gasteiger partial charge in [-0.25, -0.2) is 0 Å². The number of hydrogen-bond acceptors (Lipinski definition) is 5. The largest absolute Gasteiger partial charge is 0.368 e. The SMILES string of the molecule is CCNC(C)c1nnc(C2(C)CCCO2)s1. The molecule has 16 heavy (non-hydrogen) atoms. The first-order chi connectivity index (χ1) is 7.65. The van der Waals surface area contributed by atoms with Crippen molar-refractivity contribution in [2.24, 2.45) is 0 Å². The van der Waals surface area contributed by atoms with Crippen LogP contribution in [0, 0.1) is 0 Å². The van der Waals surface area contributed by atoms with Crippen LogP contribution in [0.3, 0.4) is 0 Å². The van der Waals surface area contributed by atoms with Crippen LogP contribution in [0.4, 0.5) is 0 Å². The lowest BCUT2D eigenvalue weighted by Crippen LogP contribution is -2.19. The smallest absolute Gasteiger partial charge is 0.149 e. The van der Waals surface area contributed by atoms with E-state index in [0.717, 1.165) is 36.0 Å². The predicted molar refractivity (Wildman–Crippen MR) is 64.5 cm³/mol. The third-order valence-corrected chi connectivity index (χ3v) is 4.34. The van der Waals surface area contributed by atoms with Crippen LogP contribution in [-0.2, 0) is 10.3 Å². The van der Waals surface area contributed by atoms with Gasteiger partial charge >= 0.3 is 0 Å². The number of nitrogens with zero attached hydrogens (tertiary/aromatic N) is 2. The summed E-state index contributed by atoms with van der Waals surface area (Å²) in [4.78, 5) is 0. The predicted octanol–water partition coefficient (Wildman–Crippen LogP) is 2.23. The molecule has 0 spiro atoms. The molecular formula is C11H19N3OS. The molecule has 5 heteroatoms. The first-order valence-electron chi connectivity index (χ1n) is 5.87. The van der Waals surface area contributed by atoms with Gasteiger partial charge in [0, 0.05) is 6.61 Å². The molecule has 0 radical (unpaired) electrons. The first-order valence-corrected chi connectivity index (χ1v) is 6.68. The molecule has 1 aliphatic rings. The van der Waals surface area contributed by atoms with Crippen molar-refractivity contribution in [3.63, 3.8) is 0 Å². The maximum Gasteiger partial charge on any atom is 0.149 e. The Kier molecular flexibility index (Phi) is 3.56. The molecule has 2 atom stereocenters. The fourth-order valence-corrected chi connectivity index (χ4v) is 2.96. The van der Waals surface area contributed by atoms with Gasteiger partial charge in [0.15, 0.2) is 0 Å². The van der Waals surface area contributed by atoms with E-state index >= 15 is 0 Å². The van der Waals surface area contributed by atoms with Gasteiger partial charge in [0.1, 0.15) is 15.6 Å². The topological polar surface area (TPSA) is 47.0 Å². The van der Waals surface area contributed by atoms with E-state index in [1.165, 1.54) is 0 Å². The fourth-order valence-electron chi connectivity index (χ4n) is 1.96. The minimum atomic E-state index is -0.193. The highest BCUT2D eigenvalue weighted by Crippen LogP contribution is 2.37. The van der Waals surface area contributed by atoms with Crippen LogP contribution in [0.2, 0.25) is 0 Å². The summed E-state index contributed by atoms with van der Waals surface area (Å²) in [6, 6.07) is 0.279. The van der Waals surface area contributed by atoms with Gasteiger partial charge in [-0.15, -0.1) is 10.2 Å². The van der Waals surface area contributed by atoms with Gasteiger partial charge in [-0.3, -0.25) is 0 Å². The zero-order valence-electron chi connectivity index (χ0n) is 10.1. The lowest BCUT2D eigenvalue weighted by molar-refractivity contribution is 0.0161. The molecule has 90 valence electrons. The lowest BCUT2D eigenvalue weighted by atomic mass is 10.0. The second-order valence-electron chi connectivity index (χ2n) is 4.41. The average Bonchev–Trinajstić information content (AvgIpc) is 2.86. The zero-order chi connectivity index (χ0) is 11.6. The molecular weight excluding hydrogens is 222 g/mol. The molecule has 4 nitrogen and oxygen atoms in total. The Balaban J connectivity index is 2.12. The third kappa shape index (κ3) is 2.26. The minimum absolute atomic E-state index is 0.193. The normalized spacial score (nSPS) is 27.2. The summed E-state index contributed by atoms with van der Waals surface area (Å²) < 4.78 is 5.77. The van der Waals surface area contributed by atoms with Crippen molar-refractivity contribution in [3.05, 3.63) is 10.0 Å². The van der Waals surface area contributed by atoms with E-state index < -0.39 is 0 Å². The molecule has 1 saturated heterocycles. The summed E-state index contributed by atoms with van der Waals surface area (Å²) in [6.45, 7) is 8.12. The average molecular weight is 241 g/mol. The van der Waals surface area contributed by atoms with E-state index in [1.807, 2.05) is 0 Å². The number of aromatic nitrogens is 2. The van der Waals surface area contributed by atoms with Crippen molar-refractivity contribution in [1.82, 2.24) is 15.5 Å². The first kappa shape index (κ1) is 12.0. The van der Waals surface area contributed by atoms with Gasteiger partial charge in [0.25, 0.3) is 0 Å². The van der Waals surface area contributed by atoms with Gasteiger partial charge < -0.3 is 10.1 Å². The van der Waals surface area contributed by atoms with Gasteiger partial charge in [-0.2, -0.15) is 0 Å². The highest BCUT2D eigenvalue weighted by atomic mass is 32.1. The zero-order valence-corrected chi connectivity index (χ0v) is 10.9. The Labute approximate surface area is 100 Å². The minimum Gasteiger partial charge on any atom is -0.368 e. The summed E-state index contributed by atoms with van der Waals surface area (Å²) in [5, 5.41) is 13.9. The summed E-state index contributed by atoms with van der Waals surface area (Å²) in [6.07, 6.45) is 2.17. The van der Waals surface area contributed by atoms with E-state index in [9.17, 15) is 0 Å². The second-order valence-corrected chi connectivity index (χ2v) is 5.42. The van der Waals surface area contributed by atoms with Gasteiger partial charge in [-0.05, 0) is 33.2 Å². The lowest BCUT2D eigenvalue weighted by Gasteiger charge is -2.18. The molecule has 1 N–H and O–H groups in total. The summed E-state index contributed by atoms with van der Waals surface area (Å²) in [5.41, 5.74) is -0.193. The van der Waals surface area contributed by atoms with Crippen LogP contribution in [0.15, 0.2) is 0 Å². The second kappa shape index (κ2) is 4.77. The molecule has 1 fully saturated rings. The summed E-state index contributed by atoms with van der Waals surface area (Å²) in [7, 11) is 0. The molecule has 0 aromatic carbocycles. The highest BCUT2D eigenvalue weighted by Gasteiger charge is 2.35. The summed E-state index contributed by atoms with van der Waals surface area (Å²) in [5.74, 6) is 0. The monoisotopic (exact) mass is 241 g/mol. The number of rotatable bonds is 4. The third-order valence-electron chi connectivity index (χ3n) is 2.99. The van der Waals surface area contributed by atoms with Crippen LogP contribution < -0.4 is 5.32 Å². The molecule has 2 unspecified atom stereocenters. The van der Waals surface area contributed by atoms with Crippen LogP contribution in [0.5, 0.6) is 0 Å². The molecule has 0 amide bonds. The van der Waals surface area contributed by atoms with Gasteiger partial charge in [0.05, 0.1) is 6.04 Å². The van der Waals surface area contributed by atoms with E-state index in [0.29, 0.717) is 0 Å². The van der Waals surface area contributed by atoms with Crippen molar-refractivity contribution in [2.45, 2.75) is 45.3 Å². The molecule has 1 aromatic heterocycles. The van der Waals surface area contributed by atoms with E-state index in [1.54, 1.807) is 11.3 Å². The standard InChI is InChI=1S/C11H19N3OS/c1-4-12-8(2)9-13-14-10(16-9)11(3)6-5-7-15-11/h8,12H,4-7H2,1-3H3. The molecule has 2 heterocycles. The fraction of sp³-hybridized carbons (Fsp3) is 0.818. The highest BCUT2D eigenvalue weighted by molar-refractivity contribution is 7.11. The van der Waals surface area contributed by atoms with E-state index in [2.05, 4.69) is 36.3 Å². The Morgan fingerprint density at radius 1 is 1.56 bits per heavy atom. The Morgan fingerprint density at radius 3 is 3.00 bits per heavy atom. The van der Waals surface area contributed by atoms with Gasteiger partial charge in [0.2, 0.25) is 0 Å². The Hall–Kier alpha value is -0.520. The quantitative estimate of drug-likeness (QED) is 0.878. The Morgan fingerprint density at radius 2 is 2.38 bits per heavy atom. The number of ether oxygens (including phenoxy) is 1. The maximum atomic E-state index is 5.77. The molecule has 2 rings (SSSR count). The van der Waals surface area contributed by atoms with Gasteiger partial charge in [-0.1, -0.05) is 18.3 Å². The number of nitrogens with one attached hydrogen (secondary N) is 1. The van der Waals surface area contributed by atoms with Crippen LogP contribution >= 0.6 is 11.3 Å². The van der Waals surface area contributed by atoms with E-state index in [-0.39, 0.29) is 11.6 Å². The molecule has 0 saturated carbocycles. The summed E-state index contributed by atoms with van der Waals surface area (Å²) >= 11 is 1.67. The van der Waals surface area contributed by atoms with Crippen molar-refractivity contribution < 1.29 is 4.74 Å². The van der Waals surface area contributed by atoms with Crippen LogP contribution in [0.25, 0.3) is 0 Å². The molecule has 1 aromatic rings. The van der Waals surface area contributed by atoms with Crippen molar-refractivity contribution in [2.75, 3.05) is 13.2 Å². The van der Waals surface area contributed by atoms with Crippen molar-refractivity contribution in [1.29, 1.82) is 0 Å². The van der Waals surface area contributed by atoms with Crippen LogP contribution in [-0.4, -0.2) is 23.3 Å². The molecule has 0 bridgehead atoms. The van der Waals surface area contributed by atoms with Crippen LogP contribution in [0.1, 0.15) is 49.7 Å². The molecule has 0 aliphatic carbocycles. The maximum absolute atomic E-state index is 5.77. The Bertz CT molecular complexity index is 347. The van der Waals surface area contributed by atoms with E-state index in [4.69, 9.17) is 4.74 Å². The molecule has 1 aliphatic heterocycles. The van der Waals surface area contributed by atoms with Crippen molar-refractivity contribution in [3.8, 4) is 0 Å².